The molecule has 1 aromatic rings. The Balaban J connectivity index is 2.59. The van der Waals surface area contributed by atoms with Gasteiger partial charge in [0.05, 0.1) is 6.61 Å². The van der Waals surface area contributed by atoms with Crippen LogP contribution in [0.15, 0.2) is 16.7 Å². The monoisotopic (exact) mass is 267 g/mol. The maximum Gasteiger partial charge on any atom is 0.257 e. The smallest absolute Gasteiger partial charge is 0.257 e. The molecular formula is C7H7BrFNO2S. The summed E-state index contributed by atoms with van der Waals surface area (Å²) in [6.45, 7) is 2.31. The van der Waals surface area contributed by atoms with Gasteiger partial charge in [-0.25, -0.2) is 4.98 Å². The minimum atomic E-state index is -0.657. The van der Waals surface area contributed by atoms with Crippen LogP contribution in [0.4, 0.5) is 4.39 Å². The highest BCUT2D eigenvalue weighted by Gasteiger charge is 2.06. The van der Waals surface area contributed by atoms with Crippen LogP contribution in [0.5, 0.6) is 5.75 Å². The fraction of sp³-hybridized carbons (Fsp3) is 0.286. The third-order valence-corrected chi connectivity index (χ3v) is 2.08. The van der Waals surface area contributed by atoms with Crippen LogP contribution in [0.3, 0.4) is 0 Å². The molecule has 0 saturated carbocycles. The molecule has 0 aliphatic heterocycles. The van der Waals surface area contributed by atoms with E-state index in [-0.39, 0.29) is 5.75 Å². The Morgan fingerprint density at radius 3 is 3.15 bits per heavy atom. The van der Waals surface area contributed by atoms with Crippen LogP contribution in [-0.2, 0) is 4.18 Å². The quantitative estimate of drug-likeness (QED) is 0.477. The van der Waals surface area contributed by atoms with Crippen molar-refractivity contribution in [1.29, 1.82) is 0 Å². The van der Waals surface area contributed by atoms with Gasteiger partial charge in [-0.2, -0.15) is 4.39 Å². The Labute approximate surface area is 88.2 Å². The van der Waals surface area contributed by atoms with E-state index in [9.17, 15) is 4.39 Å². The summed E-state index contributed by atoms with van der Waals surface area (Å²) in [6.07, 6.45) is 1.35. The zero-order chi connectivity index (χ0) is 9.68. The topological polar surface area (TPSA) is 31.4 Å². The van der Waals surface area contributed by atoms with Gasteiger partial charge in [-0.1, -0.05) is 0 Å². The van der Waals surface area contributed by atoms with E-state index in [0.717, 1.165) is 12.3 Å². The molecule has 72 valence electrons. The number of nitrogens with zero attached hydrogens (tertiary/aromatic N) is 1. The van der Waals surface area contributed by atoms with Gasteiger partial charge in [0, 0.05) is 16.7 Å². The summed E-state index contributed by atoms with van der Waals surface area (Å²) >= 11 is 3.87. The molecule has 13 heavy (non-hydrogen) atoms. The summed E-state index contributed by atoms with van der Waals surface area (Å²) in [5, 5.41) is 0. The summed E-state index contributed by atoms with van der Waals surface area (Å²) in [4.78, 5) is 3.45. The van der Waals surface area contributed by atoms with Crippen LogP contribution in [0.1, 0.15) is 6.92 Å². The highest BCUT2D eigenvalue weighted by molar-refractivity contribution is 9.10. The van der Waals surface area contributed by atoms with E-state index in [1.165, 1.54) is 12.3 Å². The van der Waals surface area contributed by atoms with E-state index in [1.54, 1.807) is 0 Å². The Morgan fingerprint density at radius 1 is 1.69 bits per heavy atom. The molecule has 3 nitrogen and oxygen atoms in total. The molecule has 0 amide bonds. The molecule has 1 rings (SSSR count). The van der Waals surface area contributed by atoms with Crippen molar-refractivity contribution < 1.29 is 12.8 Å². The first kappa shape index (κ1) is 10.7. The number of pyridine rings is 1. The Morgan fingerprint density at radius 2 is 2.46 bits per heavy atom. The maximum absolute atomic E-state index is 12.9. The molecule has 0 N–H and O–H groups in total. The molecule has 0 atom stereocenters. The Bertz CT molecular complexity index is 287. The SMILES string of the molecule is CCOSOc1cc(Br)cnc1F. The van der Waals surface area contributed by atoms with Crippen molar-refractivity contribution in [3.05, 3.63) is 22.7 Å². The van der Waals surface area contributed by atoms with Gasteiger partial charge in [0.1, 0.15) is 0 Å². The molecule has 0 fully saturated rings. The number of hydrogen-bond donors (Lipinski definition) is 0. The molecule has 1 heterocycles. The van der Waals surface area contributed by atoms with E-state index in [1.807, 2.05) is 6.92 Å². The predicted octanol–water partition coefficient (Wildman–Crippen LogP) is 2.96. The molecule has 0 spiro atoms. The summed E-state index contributed by atoms with van der Waals surface area (Å²) in [5.74, 6) is -0.608. The van der Waals surface area contributed by atoms with Crippen molar-refractivity contribution >= 4 is 28.3 Å². The Hall–Kier alpha value is -0.330. The van der Waals surface area contributed by atoms with Gasteiger partial charge < -0.3 is 4.18 Å². The summed E-state index contributed by atoms with van der Waals surface area (Å²) < 4.78 is 23.2. The molecule has 0 unspecified atom stereocenters. The van der Waals surface area contributed by atoms with Crippen molar-refractivity contribution in [2.45, 2.75) is 6.92 Å². The van der Waals surface area contributed by atoms with E-state index >= 15 is 0 Å². The van der Waals surface area contributed by atoms with Gasteiger partial charge in [-0.05, 0) is 22.9 Å². The van der Waals surface area contributed by atoms with E-state index in [0.29, 0.717) is 11.1 Å². The minimum absolute atomic E-state index is 0.0489. The van der Waals surface area contributed by atoms with E-state index in [4.69, 9.17) is 8.37 Å². The zero-order valence-electron chi connectivity index (χ0n) is 6.79. The van der Waals surface area contributed by atoms with Crippen LogP contribution < -0.4 is 4.18 Å². The Kier molecular flexibility index (Phi) is 4.47. The van der Waals surface area contributed by atoms with Gasteiger partial charge in [0.15, 0.2) is 5.75 Å². The van der Waals surface area contributed by atoms with Gasteiger partial charge in [0.2, 0.25) is 12.3 Å². The molecule has 0 saturated heterocycles. The van der Waals surface area contributed by atoms with Crippen molar-refractivity contribution in [1.82, 2.24) is 4.98 Å². The molecule has 0 bridgehead atoms. The first-order valence-electron chi connectivity index (χ1n) is 3.51. The standard InChI is InChI=1S/C7H7BrFNO2S/c1-2-11-13-12-6-3-5(8)4-10-7(6)9/h3-4H,2H2,1H3. The zero-order valence-corrected chi connectivity index (χ0v) is 9.19. The lowest BCUT2D eigenvalue weighted by atomic mass is 10.5. The second-order valence-electron chi connectivity index (χ2n) is 2.00. The van der Waals surface area contributed by atoms with E-state index < -0.39 is 5.95 Å². The number of halogens is 2. The molecule has 1 aromatic heterocycles. The molecular weight excluding hydrogens is 261 g/mol. The van der Waals surface area contributed by atoms with E-state index in [2.05, 4.69) is 20.9 Å². The molecule has 6 heteroatoms. The average Bonchev–Trinajstić information content (AvgIpc) is 2.11. The number of hydrogen-bond acceptors (Lipinski definition) is 4. The fourth-order valence-electron chi connectivity index (χ4n) is 0.571. The first-order chi connectivity index (χ1) is 6.24. The summed E-state index contributed by atoms with van der Waals surface area (Å²) in [5.41, 5.74) is 0. The highest BCUT2D eigenvalue weighted by atomic mass is 79.9. The second kappa shape index (κ2) is 5.41. The summed E-state index contributed by atoms with van der Waals surface area (Å²) in [6, 6.07) is 1.48. The third-order valence-electron chi connectivity index (χ3n) is 1.06. The van der Waals surface area contributed by atoms with Gasteiger partial charge in [0.25, 0.3) is 5.95 Å². The average molecular weight is 268 g/mol. The summed E-state index contributed by atoms with van der Waals surface area (Å²) in [7, 11) is 0. The van der Waals surface area contributed by atoms with Crippen LogP contribution in [0, 0.1) is 5.95 Å². The third kappa shape index (κ3) is 3.50. The number of aromatic nitrogens is 1. The van der Waals surface area contributed by atoms with Crippen molar-refractivity contribution in [2.75, 3.05) is 6.61 Å². The first-order valence-corrected chi connectivity index (χ1v) is 4.97. The van der Waals surface area contributed by atoms with Crippen LogP contribution in [-0.4, -0.2) is 11.6 Å². The van der Waals surface area contributed by atoms with Crippen LogP contribution in [0.2, 0.25) is 0 Å². The van der Waals surface area contributed by atoms with Gasteiger partial charge in [-0.3, -0.25) is 4.18 Å². The molecule has 0 aliphatic rings. The normalized spacial score (nSPS) is 10.1. The van der Waals surface area contributed by atoms with Crippen molar-refractivity contribution in [3.63, 3.8) is 0 Å². The molecule has 0 radical (unpaired) electrons. The lowest BCUT2D eigenvalue weighted by molar-refractivity contribution is 0.364. The second-order valence-corrected chi connectivity index (χ2v) is 3.45. The highest BCUT2D eigenvalue weighted by Crippen LogP contribution is 2.23. The molecule has 0 aliphatic carbocycles. The van der Waals surface area contributed by atoms with Crippen molar-refractivity contribution in [2.24, 2.45) is 0 Å². The lowest BCUT2D eigenvalue weighted by Crippen LogP contribution is -1.91. The van der Waals surface area contributed by atoms with Gasteiger partial charge in [-0.15, -0.1) is 0 Å². The minimum Gasteiger partial charge on any atom is -0.395 e. The lowest BCUT2D eigenvalue weighted by Gasteiger charge is -2.02. The predicted molar refractivity (Wildman–Crippen MR) is 51.7 cm³/mol. The van der Waals surface area contributed by atoms with Crippen LogP contribution in [0.25, 0.3) is 0 Å². The number of rotatable bonds is 4. The van der Waals surface area contributed by atoms with Gasteiger partial charge >= 0.3 is 0 Å². The van der Waals surface area contributed by atoms with Crippen LogP contribution >= 0.6 is 28.3 Å². The molecule has 0 aromatic carbocycles. The maximum atomic E-state index is 12.9. The van der Waals surface area contributed by atoms with Crippen molar-refractivity contribution in [3.8, 4) is 5.75 Å². The largest absolute Gasteiger partial charge is 0.395 e. The fourth-order valence-corrected chi connectivity index (χ4v) is 1.22.